The van der Waals surface area contributed by atoms with Crippen LogP contribution in [0.4, 0.5) is 13.2 Å². The summed E-state index contributed by atoms with van der Waals surface area (Å²) >= 11 is 0. The number of nitrogens with one attached hydrogen (secondary N) is 1. The highest BCUT2D eigenvalue weighted by Crippen LogP contribution is 2.37. The topological polar surface area (TPSA) is 66.4 Å². The molecule has 2 aromatic rings. The summed E-state index contributed by atoms with van der Waals surface area (Å²) in [5.74, 6) is -3.02. The maximum Gasteiger partial charge on any atom is 0.391 e. The Labute approximate surface area is 160 Å². The predicted molar refractivity (Wildman–Crippen MR) is 98.1 cm³/mol. The summed E-state index contributed by atoms with van der Waals surface area (Å²) in [5.41, 5.74) is 1.11. The van der Waals surface area contributed by atoms with Crippen LogP contribution in [0.15, 0.2) is 48.5 Å². The molecule has 1 fully saturated rings. The van der Waals surface area contributed by atoms with E-state index >= 15 is 0 Å². The lowest BCUT2D eigenvalue weighted by molar-refractivity contribution is -0.183. The predicted octanol–water partition coefficient (Wildman–Crippen LogP) is 4.90. The van der Waals surface area contributed by atoms with Crippen molar-refractivity contribution >= 4 is 11.9 Å². The first-order valence-corrected chi connectivity index (χ1v) is 9.06. The van der Waals surface area contributed by atoms with Crippen LogP contribution in [0.3, 0.4) is 0 Å². The number of carbonyl (C=O) groups is 2. The van der Waals surface area contributed by atoms with Crippen molar-refractivity contribution in [1.29, 1.82) is 0 Å². The highest BCUT2D eigenvalue weighted by molar-refractivity contribution is 6.04. The van der Waals surface area contributed by atoms with Gasteiger partial charge in [-0.05, 0) is 42.5 Å². The van der Waals surface area contributed by atoms with E-state index in [9.17, 15) is 27.9 Å². The number of hydrogen-bond acceptors (Lipinski definition) is 2. The Kier molecular flexibility index (Phi) is 5.72. The number of aromatic carboxylic acids is 1. The molecule has 0 spiro atoms. The minimum Gasteiger partial charge on any atom is -0.478 e. The number of halogens is 3. The van der Waals surface area contributed by atoms with Crippen LogP contribution >= 0.6 is 0 Å². The van der Waals surface area contributed by atoms with E-state index in [1.807, 2.05) is 0 Å². The van der Waals surface area contributed by atoms with Gasteiger partial charge in [-0.2, -0.15) is 13.2 Å². The summed E-state index contributed by atoms with van der Waals surface area (Å²) in [6.45, 7) is 0. The molecule has 0 bridgehead atoms. The van der Waals surface area contributed by atoms with E-state index in [0.29, 0.717) is 24.0 Å². The standard InChI is InChI=1S/C21H20F3NO3/c22-21(23,24)13-6-5-7-14(12-13)25-19(26)17-10-3-1-8-15(17)16-9-2-4-11-18(16)20(27)28/h1-4,8-11,13-14H,5-7,12H2,(H,25,26)(H,27,28). The number of alkyl halides is 3. The van der Waals surface area contributed by atoms with E-state index in [-0.39, 0.29) is 24.0 Å². The zero-order valence-corrected chi connectivity index (χ0v) is 15.0. The largest absolute Gasteiger partial charge is 0.478 e. The van der Waals surface area contributed by atoms with E-state index in [1.54, 1.807) is 42.5 Å². The summed E-state index contributed by atoms with van der Waals surface area (Å²) in [7, 11) is 0. The molecule has 1 amide bonds. The first-order valence-electron chi connectivity index (χ1n) is 9.06. The Morgan fingerprint density at radius 2 is 1.50 bits per heavy atom. The molecule has 1 saturated carbocycles. The summed E-state index contributed by atoms with van der Waals surface area (Å²) < 4.78 is 39.0. The van der Waals surface area contributed by atoms with Crippen molar-refractivity contribution in [3.05, 3.63) is 59.7 Å². The molecule has 0 radical (unpaired) electrons. The van der Waals surface area contributed by atoms with Gasteiger partial charge in [0.1, 0.15) is 0 Å². The van der Waals surface area contributed by atoms with E-state index in [1.165, 1.54) is 6.07 Å². The average molecular weight is 391 g/mol. The zero-order chi connectivity index (χ0) is 20.3. The van der Waals surface area contributed by atoms with Gasteiger partial charge in [0.05, 0.1) is 11.5 Å². The normalized spacial score (nSPS) is 19.8. The third kappa shape index (κ3) is 4.35. The van der Waals surface area contributed by atoms with Crippen LogP contribution in [0.25, 0.3) is 11.1 Å². The molecule has 1 aliphatic carbocycles. The highest BCUT2D eigenvalue weighted by Gasteiger charge is 2.42. The molecule has 0 aromatic heterocycles. The zero-order valence-electron chi connectivity index (χ0n) is 15.0. The maximum absolute atomic E-state index is 13.0. The van der Waals surface area contributed by atoms with E-state index < -0.39 is 30.0 Å². The van der Waals surface area contributed by atoms with Gasteiger partial charge in [-0.1, -0.05) is 42.8 Å². The van der Waals surface area contributed by atoms with Crippen LogP contribution < -0.4 is 5.32 Å². The fourth-order valence-electron chi connectivity index (χ4n) is 3.70. The second-order valence-electron chi connectivity index (χ2n) is 6.97. The summed E-state index contributed by atoms with van der Waals surface area (Å²) in [6, 6.07) is 12.3. The van der Waals surface area contributed by atoms with Crippen LogP contribution in [0, 0.1) is 5.92 Å². The van der Waals surface area contributed by atoms with Gasteiger partial charge in [-0.3, -0.25) is 4.79 Å². The van der Waals surface area contributed by atoms with Crippen molar-refractivity contribution in [3.63, 3.8) is 0 Å². The Bertz CT molecular complexity index is 879. The summed E-state index contributed by atoms with van der Waals surface area (Å²) in [6.07, 6.45) is -3.42. The molecule has 2 unspecified atom stereocenters. The number of carboxylic acid groups (broad SMARTS) is 1. The Morgan fingerprint density at radius 3 is 2.11 bits per heavy atom. The maximum atomic E-state index is 13.0. The monoisotopic (exact) mass is 391 g/mol. The number of carbonyl (C=O) groups excluding carboxylic acids is 1. The molecule has 4 nitrogen and oxygen atoms in total. The molecule has 0 saturated heterocycles. The minimum absolute atomic E-state index is 0.0533. The molecule has 1 aliphatic rings. The second kappa shape index (κ2) is 8.04. The molecular formula is C21H20F3NO3. The summed E-state index contributed by atoms with van der Waals surface area (Å²) in [5, 5.41) is 12.1. The molecule has 3 rings (SSSR count). The first-order chi connectivity index (χ1) is 13.3. The average Bonchev–Trinajstić information content (AvgIpc) is 2.67. The quantitative estimate of drug-likeness (QED) is 0.779. The lowest BCUT2D eigenvalue weighted by atomic mass is 9.85. The van der Waals surface area contributed by atoms with Gasteiger partial charge >= 0.3 is 12.1 Å². The van der Waals surface area contributed by atoms with Gasteiger partial charge < -0.3 is 10.4 Å². The third-order valence-electron chi connectivity index (χ3n) is 5.09. The fourth-order valence-corrected chi connectivity index (χ4v) is 3.70. The second-order valence-corrected chi connectivity index (χ2v) is 6.97. The van der Waals surface area contributed by atoms with Gasteiger partial charge in [-0.25, -0.2) is 4.79 Å². The van der Waals surface area contributed by atoms with Gasteiger partial charge in [0, 0.05) is 11.6 Å². The number of carboxylic acids is 1. The van der Waals surface area contributed by atoms with Crippen molar-refractivity contribution in [2.24, 2.45) is 5.92 Å². The van der Waals surface area contributed by atoms with E-state index in [0.717, 1.165) is 0 Å². The molecule has 148 valence electrons. The number of hydrogen-bond donors (Lipinski definition) is 2. The van der Waals surface area contributed by atoms with Crippen molar-refractivity contribution in [3.8, 4) is 11.1 Å². The van der Waals surface area contributed by atoms with Crippen LogP contribution in [0.1, 0.15) is 46.4 Å². The lowest BCUT2D eigenvalue weighted by Crippen LogP contribution is -2.41. The third-order valence-corrected chi connectivity index (χ3v) is 5.09. The van der Waals surface area contributed by atoms with Crippen molar-refractivity contribution in [2.75, 3.05) is 0 Å². The van der Waals surface area contributed by atoms with Gasteiger partial charge in [0.25, 0.3) is 5.91 Å². The van der Waals surface area contributed by atoms with Gasteiger partial charge in [-0.15, -0.1) is 0 Å². The number of amides is 1. The Hall–Kier alpha value is -2.83. The Morgan fingerprint density at radius 1 is 0.929 bits per heavy atom. The molecule has 7 heteroatoms. The SMILES string of the molecule is O=C(O)c1ccccc1-c1ccccc1C(=O)NC1CCCC(C(F)(F)F)C1. The Balaban J connectivity index is 1.86. The molecule has 28 heavy (non-hydrogen) atoms. The van der Waals surface area contributed by atoms with Crippen molar-refractivity contribution in [1.82, 2.24) is 5.32 Å². The molecule has 0 aliphatic heterocycles. The first kappa shape index (κ1) is 19.9. The molecule has 0 heterocycles. The summed E-state index contributed by atoms with van der Waals surface area (Å²) in [4.78, 5) is 24.3. The van der Waals surface area contributed by atoms with Crippen molar-refractivity contribution < 1.29 is 27.9 Å². The van der Waals surface area contributed by atoms with Gasteiger partial charge in [0.15, 0.2) is 0 Å². The molecular weight excluding hydrogens is 371 g/mol. The van der Waals surface area contributed by atoms with E-state index in [4.69, 9.17) is 0 Å². The van der Waals surface area contributed by atoms with Crippen molar-refractivity contribution in [2.45, 2.75) is 37.9 Å². The number of rotatable bonds is 4. The van der Waals surface area contributed by atoms with Crippen LogP contribution in [0.2, 0.25) is 0 Å². The van der Waals surface area contributed by atoms with Crippen LogP contribution in [0.5, 0.6) is 0 Å². The minimum atomic E-state index is -4.26. The fraction of sp³-hybridized carbons (Fsp3) is 0.333. The smallest absolute Gasteiger partial charge is 0.391 e. The molecule has 2 aromatic carbocycles. The van der Waals surface area contributed by atoms with Crippen LogP contribution in [-0.2, 0) is 0 Å². The lowest BCUT2D eigenvalue weighted by Gasteiger charge is -2.31. The van der Waals surface area contributed by atoms with E-state index in [2.05, 4.69) is 5.32 Å². The molecule has 2 N–H and O–H groups in total. The molecule has 2 atom stereocenters. The highest BCUT2D eigenvalue weighted by atomic mass is 19.4. The number of benzene rings is 2. The van der Waals surface area contributed by atoms with Crippen LogP contribution in [-0.4, -0.2) is 29.2 Å². The van der Waals surface area contributed by atoms with Gasteiger partial charge in [0.2, 0.25) is 0 Å².